The Hall–Kier alpha value is -1.69. The highest BCUT2D eigenvalue weighted by molar-refractivity contribution is 7.13. The monoisotopic (exact) mass is 251 g/mol. The first-order valence-corrected chi connectivity index (χ1v) is 6.25. The second-order valence-corrected chi connectivity index (χ2v) is 4.54. The van der Waals surface area contributed by atoms with Crippen LogP contribution in [0.1, 0.15) is 19.0 Å². The number of carboxylic acid groups (broad SMARTS) is 1. The van der Waals surface area contributed by atoms with E-state index in [4.69, 9.17) is 5.11 Å². The molecular formula is C11H13N3O2S. The van der Waals surface area contributed by atoms with E-state index < -0.39 is 5.97 Å². The van der Waals surface area contributed by atoms with Crippen molar-refractivity contribution in [2.24, 2.45) is 0 Å². The van der Waals surface area contributed by atoms with Gasteiger partial charge in [0, 0.05) is 11.9 Å². The van der Waals surface area contributed by atoms with Gasteiger partial charge in [-0.25, -0.2) is 9.97 Å². The highest BCUT2D eigenvalue weighted by Crippen LogP contribution is 2.23. The quantitative estimate of drug-likeness (QED) is 0.883. The van der Waals surface area contributed by atoms with E-state index in [0.717, 1.165) is 23.7 Å². The number of rotatable bonds is 5. The lowest BCUT2D eigenvalue weighted by Crippen LogP contribution is -2.00. The molecule has 0 saturated heterocycles. The molecule has 0 fully saturated rings. The summed E-state index contributed by atoms with van der Waals surface area (Å²) >= 11 is 1.45. The second-order valence-electron chi connectivity index (χ2n) is 3.69. The third-order valence-electron chi connectivity index (χ3n) is 2.28. The molecule has 90 valence electrons. The fourth-order valence-corrected chi connectivity index (χ4v) is 2.42. The van der Waals surface area contributed by atoms with Crippen LogP contribution in [0.4, 0.5) is 0 Å². The summed E-state index contributed by atoms with van der Waals surface area (Å²) in [6.45, 7) is 2.99. The van der Waals surface area contributed by atoms with Gasteiger partial charge in [-0.3, -0.25) is 4.79 Å². The molecule has 0 radical (unpaired) electrons. The van der Waals surface area contributed by atoms with E-state index in [1.807, 2.05) is 4.57 Å². The molecule has 0 amide bonds. The molecule has 0 spiro atoms. The summed E-state index contributed by atoms with van der Waals surface area (Å²) in [6, 6.07) is 0. The maximum atomic E-state index is 10.6. The third-order valence-corrected chi connectivity index (χ3v) is 3.19. The van der Waals surface area contributed by atoms with Crippen LogP contribution in [0.2, 0.25) is 0 Å². The fourth-order valence-electron chi connectivity index (χ4n) is 1.58. The number of aliphatic carboxylic acids is 1. The molecule has 2 rings (SSSR count). The Morgan fingerprint density at radius 3 is 3.12 bits per heavy atom. The molecule has 0 atom stereocenters. The molecule has 0 aromatic carbocycles. The van der Waals surface area contributed by atoms with Gasteiger partial charge in [0.1, 0.15) is 5.01 Å². The summed E-state index contributed by atoms with van der Waals surface area (Å²) < 4.78 is 2.03. The third kappa shape index (κ3) is 2.71. The number of nitrogens with zero attached hydrogens (tertiary/aromatic N) is 3. The molecular weight excluding hydrogens is 238 g/mol. The van der Waals surface area contributed by atoms with Crippen molar-refractivity contribution in [1.82, 2.24) is 14.5 Å². The van der Waals surface area contributed by atoms with Crippen LogP contribution >= 0.6 is 11.3 Å². The number of imidazole rings is 1. The van der Waals surface area contributed by atoms with Crippen molar-refractivity contribution in [1.29, 1.82) is 0 Å². The zero-order valence-electron chi connectivity index (χ0n) is 9.46. The Bertz CT molecular complexity index is 518. The van der Waals surface area contributed by atoms with E-state index in [-0.39, 0.29) is 6.42 Å². The maximum absolute atomic E-state index is 10.6. The number of carboxylic acids is 1. The van der Waals surface area contributed by atoms with Crippen LogP contribution in [0.15, 0.2) is 17.9 Å². The largest absolute Gasteiger partial charge is 0.481 e. The topological polar surface area (TPSA) is 68.0 Å². The zero-order valence-corrected chi connectivity index (χ0v) is 10.3. The summed E-state index contributed by atoms with van der Waals surface area (Å²) in [7, 11) is 0. The molecule has 0 aliphatic heterocycles. The van der Waals surface area contributed by atoms with Crippen molar-refractivity contribution in [3.05, 3.63) is 23.6 Å². The minimum atomic E-state index is -0.857. The first kappa shape index (κ1) is 11.8. The van der Waals surface area contributed by atoms with Gasteiger partial charge in [0.25, 0.3) is 0 Å². The number of aromatic nitrogens is 3. The number of aryl methyl sites for hydroxylation is 1. The Balaban J connectivity index is 2.24. The molecule has 5 nitrogen and oxygen atoms in total. The van der Waals surface area contributed by atoms with Gasteiger partial charge < -0.3 is 9.67 Å². The van der Waals surface area contributed by atoms with E-state index in [0.29, 0.717) is 5.69 Å². The standard InChI is InChI=1S/C11H13N3O2S/c1-2-3-14-7-12-5-9(14)11-13-8(6-17-11)4-10(15)16/h5-7H,2-4H2,1H3,(H,15,16). The van der Waals surface area contributed by atoms with Gasteiger partial charge in [0.15, 0.2) is 0 Å². The van der Waals surface area contributed by atoms with E-state index in [9.17, 15) is 4.79 Å². The van der Waals surface area contributed by atoms with Crippen LogP contribution in [0, 0.1) is 0 Å². The Kier molecular flexibility index (Phi) is 3.53. The average molecular weight is 251 g/mol. The second kappa shape index (κ2) is 5.09. The highest BCUT2D eigenvalue weighted by Gasteiger charge is 2.11. The van der Waals surface area contributed by atoms with Crippen molar-refractivity contribution in [2.75, 3.05) is 0 Å². The van der Waals surface area contributed by atoms with Gasteiger partial charge in [-0.15, -0.1) is 11.3 Å². The minimum Gasteiger partial charge on any atom is -0.481 e. The Morgan fingerprint density at radius 2 is 2.41 bits per heavy atom. The van der Waals surface area contributed by atoms with Crippen LogP contribution in [0.5, 0.6) is 0 Å². The molecule has 2 heterocycles. The van der Waals surface area contributed by atoms with Gasteiger partial charge in [0.05, 0.1) is 30.3 Å². The smallest absolute Gasteiger partial charge is 0.309 e. The molecule has 0 bridgehead atoms. The molecule has 2 aromatic rings. The molecule has 0 unspecified atom stereocenters. The number of carbonyl (C=O) groups is 1. The van der Waals surface area contributed by atoms with Crippen LogP contribution in [-0.2, 0) is 17.8 Å². The first-order chi connectivity index (χ1) is 8.20. The van der Waals surface area contributed by atoms with Crippen molar-refractivity contribution >= 4 is 17.3 Å². The summed E-state index contributed by atoms with van der Waals surface area (Å²) in [4.78, 5) is 19.0. The first-order valence-electron chi connectivity index (χ1n) is 5.37. The lowest BCUT2D eigenvalue weighted by Gasteiger charge is -2.02. The van der Waals surface area contributed by atoms with E-state index in [1.54, 1.807) is 17.9 Å². The molecule has 0 aliphatic rings. The van der Waals surface area contributed by atoms with Crippen molar-refractivity contribution < 1.29 is 9.90 Å². The molecule has 17 heavy (non-hydrogen) atoms. The van der Waals surface area contributed by atoms with Crippen molar-refractivity contribution in [3.8, 4) is 10.7 Å². The fraction of sp³-hybridized carbons (Fsp3) is 0.364. The molecule has 0 saturated carbocycles. The van der Waals surface area contributed by atoms with Crippen molar-refractivity contribution in [2.45, 2.75) is 26.3 Å². The van der Waals surface area contributed by atoms with Gasteiger partial charge in [-0.2, -0.15) is 0 Å². The lowest BCUT2D eigenvalue weighted by atomic mass is 10.3. The predicted octanol–water partition coefficient (Wildman–Crippen LogP) is 2.04. The summed E-state index contributed by atoms with van der Waals surface area (Å²) in [5.41, 5.74) is 1.55. The van der Waals surface area contributed by atoms with Crippen LogP contribution in [-0.4, -0.2) is 25.6 Å². The van der Waals surface area contributed by atoms with Crippen LogP contribution < -0.4 is 0 Å². The average Bonchev–Trinajstić information content (AvgIpc) is 2.86. The zero-order chi connectivity index (χ0) is 12.3. The van der Waals surface area contributed by atoms with E-state index >= 15 is 0 Å². The van der Waals surface area contributed by atoms with Gasteiger partial charge in [-0.05, 0) is 6.42 Å². The van der Waals surface area contributed by atoms with Gasteiger partial charge in [0.2, 0.25) is 0 Å². The van der Waals surface area contributed by atoms with E-state index in [1.165, 1.54) is 11.3 Å². The minimum absolute atomic E-state index is 0.0294. The number of hydrogen-bond donors (Lipinski definition) is 1. The predicted molar refractivity (Wildman–Crippen MR) is 65.0 cm³/mol. The van der Waals surface area contributed by atoms with Gasteiger partial charge >= 0.3 is 5.97 Å². The molecule has 2 aromatic heterocycles. The van der Waals surface area contributed by atoms with Crippen LogP contribution in [0.3, 0.4) is 0 Å². The summed E-state index contributed by atoms with van der Waals surface area (Å²) in [6.07, 6.45) is 4.53. The lowest BCUT2D eigenvalue weighted by molar-refractivity contribution is -0.136. The van der Waals surface area contributed by atoms with E-state index in [2.05, 4.69) is 16.9 Å². The summed E-state index contributed by atoms with van der Waals surface area (Å²) in [5.74, 6) is -0.857. The SMILES string of the molecule is CCCn1cncc1-c1nc(CC(=O)O)cs1. The van der Waals surface area contributed by atoms with Crippen LogP contribution in [0.25, 0.3) is 10.7 Å². The molecule has 0 aliphatic carbocycles. The number of hydrogen-bond acceptors (Lipinski definition) is 4. The van der Waals surface area contributed by atoms with Crippen molar-refractivity contribution in [3.63, 3.8) is 0 Å². The number of thiazole rings is 1. The van der Waals surface area contributed by atoms with Gasteiger partial charge in [-0.1, -0.05) is 6.92 Å². The summed E-state index contributed by atoms with van der Waals surface area (Å²) in [5, 5.41) is 11.3. The molecule has 1 N–H and O–H groups in total. The maximum Gasteiger partial charge on any atom is 0.309 e. The molecule has 6 heteroatoms. The highest BCUT2D eigenvalue weighted by atomic mass is 32.1. The Morgan fingerprint density at radius 1 is 1.59 bits per heavy atom. The normalized spacial score (nSPS) is 10.6. The Labute approximate surface area is 103 Å².